The molecule has 1 amide bonds. The number of carboxylic acids is 1. The molecule has 2 rings (SSSR count). The monoisotopic (exact) mass is 327 g/mol. The van der Waals surface area contributed by atoms with Crippen LogP contribution in [-0.2, 0) is 19.4 Å². The Morgan fingerprint density at radius 3 is 2.73 bits per heavy atom. The minimum Gasteiger partial charge on any atom is -0.490 e. The molecule has 0 unspecified atom stereocenters. The van der Waals surface area contributed by atoms with E-state index in [0.29, 0.717) is 37.4 Å². The van der Waals surface area contributed by atoms with Gasteiger partial charge in [-0.25, -0.2) is 8.42 Å². The van der Waals surface area contributed by atoms with Crippen LogP contribution in [0.15, 0.2) is 23.1 Å². The highest BCUT2D eigenvalue weighted by atomic mass is 32.2. The molecular formula is C14H17NO6S. The van der Waals surface area contributed by atoms with E-state index in [0.717, 1.165) is 0 Å². The third kappa shape index (κ3) is 3.38. The summed E-state index contributed by atoms with van der Waals surface area (Å²) < 4.78 is 29.4. The Morgan fingerprint density at radius 2 is 2.09 bits per heavy atom. The molecule has 1 aliphatic rings. The molecule has 0 saturated heterocycles. The summed E-state index contributed by atoms with van der Waals surface area (Å²) in [5.74, 6) is -2.10. The Bertz CT molecular complexity index is 697. The van der Waals surface area contributed by atoms with E-state index >= 15 is 0 Å². The fourth-order valence-electron chi connectivity index (χ4n) is 2.24. The van der Waals surface area contributed by atoms with Gasteiger partial charge >= 0.3 is 5.97 Å². The first-order valence-corrected chi connectivity index (χ1v) is 8.52. The van der Waals surface area contributed by atoms with Crippen molar-refractivity contribution in [1.29, 1.82) is 0 Å². The summed E-state index contributed by atoms with van der Waals surface area (Å²) in [6.07, 6.45) is 1.04. The third-order valence-corrected chi connectivity index (χ3v) is 4.83. The zero-order valence-corrected chi connectivity index (χ0v) is 12.9. The van der Waals surface area contributed by atoms with Gasteiger partial charge in [-0.1, -0.05) is 6.92 Å². The molecule has 1 aromatic rings. The molecule has 7 nitrogen and oxygen atoms in total. The predicted octanol–water partition coefficient (Wildman–Crippen LogP) is 1.07. The van der Waals surface area contributed by atoms with Gasteiger partial charge in [-0.3, -0.25) is 9.59 Å². The van der Waals surface area contributed by atoms with Crippen molar-refractivity contribution in [1.82, 2.24) is 0 Å². The molecule has 0 aromatic heterocycles. The SMILES string of the molecule is CCCC(=O)N1CCOc2ccc(S(=O)(=O)CC(=O)O)cc21. The zero-order chi connectivity index (χ0) is 16.3. The number of benzene rings is 1. The zero-order valence-electron chi connectivity index (χ0n) is 12.1. The van der Waals surface area contributed by atoms with Gasteiger partial charge in [-0.2, -0.15) is 0 Å². The second-order valence-corrected chi connectivity index (χ2v) is 6.92. The molecule has 0 fully saturated rings. The van der Waals surface area contributed by atoms with Gasteiger partial charge < -0.3 is 14.7 Å². The summed E-state index contributed by atoms with van der Waals surface area (Å²) in [6, 6.07) is 4.06. The number of rotatable bonds is 5. The number of ether oxygens (including phenoxy) is 1. The van der Waals surface area contributed by atoms with Crippen LogP contribution in [0.5, 0.6) is 5.75 Å². The van der Waals surface area contributed by atoms with Crippen molar-refractivity contribution < 1.29 is 27.9 Å². The first kappa shape index (κ1) is 16.3. The highest BCUT2D eigenvalue weighted by molar-refractivity contribution is 7.92. The van der Waals surface area contributed by atoms with Crippen LogP contribution >= 0.6 is 0 Å². The Balaban J connectivity index is 2.42. The predicted molar refractivity (Wildman–Crippen MR) is 78.9 cm³/mol. The van der Waals surface area contributed by atoms with E-state index in [2.05, 4.69) is 0 Å². The fraction of sp³-hybridized carbons (Fsp3) is 0.429. The van der Waals surface area contributed by atoms with Crippen molar-refractivity contribution in [3.8, 4) is 5.75 Å². The van der Waals surface area contributed by atoms with Crippen molar-refractivity contribution in [3.63, 3.8) is 0 Å². The molecule has 0 atom stereocenters. The lowest BCUT2D eigenvalue weighted by Gasteiger charge is -2.30. The molecule has 0 spiro atoms. The largest absolute Gasteiger partial charge is 0.490 e. The number of anilines is 1. The van der Waals surface area contributed by atoms with Gasteiger partial charge in [0, 0.05) is 6.42 Å². The molecule has 22 heavy (non-hydrogen) atoms. The summed E-state index contributed by atoms with van der Waals surface area (Å²) in [7, 11) is -3.95. The maximum atomic E-state index is 12.1. The number of fused-ring (bicyclic) bond motifs is 1. The Labute approximate surface area is 128 Å². The number of nitrogens with zero attached hydrogens (tertiary/aromatic N) is 1. The highest BCUT2D eigenvalue weighted by Gasteiger charge is 2.26. The van der Waals surface area contributed by atoms with E-state index < -0.39 is 21.6 Å². The normalized spacial score (nSPS) is 14.1. The smallest absolute Gasteiger partial charge is 0.319 e. The van der Waals surface area contributed by atoms with Gasteiger partial charge in [0.15, 0.2) is 15.6 Å². The Hall–Kier alpha value is -2.09. The molecule has 1 heterocycles. The molecule has 1 aromatic carbocycles. The van der Waals surface area contributed by atoms with Crippen LogP contribution in [0.2, 0.25) is 0 Å². The highest BCUT2D eigenvalue weighted by Crippen LogP contribution is 2.34. The van der Waals surface area contributed by atoms with Crippen molar-refractivity contribution in [2.75, 3.05) is 23.8 Å². The van der Waals surface area contributed by atoms with Crippen molar-refractivity contribution >= 4 is 27.4 Å². The molecule has 0 bridgehead atoms. The van der Waals surface area contributed by atoms with Gasteiger partial charge in [-0.15, -0.1) is 0 Å². The fourth-order valence-corrected chi connectivity index (χ4v) is 3.30. The van der Waals surface area contributed by atoms with Gasteiger partial charge in [0.05, 0.1) is 17.1 Å². The number of hydrogen-bond donors (Lipinski definition) is 1. The van der Waals surface area contributed by atoms with Gasteiger partial charge in [0.25, 0.3) is 0 Å². The van der Waals surface area contributed by atoms with E-state index in [1.54, 1.807) is 0 Å². The number of carbonyl (C=O) groups is 2. The van der Waals surface area contributed by atoms with Crippen molar-refractivity contribution in [2.24, 2.45) is 0 Å². The topological polar surface area (TPSA) is 101 Å². The number of hydrogen-bond acceptors (Lipinski definition) is 5. The molecule has 1 aliphatic heterocycles. The maximum Gasteiger partial charge on any atom is 0.319 e. The van der Waals surface area contributed by atoms with E-state index in [1.165, 1.54) is 23.1 Å². The average Bonchev–Trinajstić information content (AvgIpc) is 2.45. The van der Waals surface area contributed by atoms with Crippen LogP contribution in [0.3, 0.4) is 0 Å². The minimum atomic E-state index is -3.95. The van der Waals surface area contributed by atoms with Crippen LogP contribution in [0.25, 0.3) is 0 Å². The lowest BCUT2D eigenvalue weighted by Crippen LogP contribution is -2.37. The molecule has 8 heteroatoms. The summed E-state index contributed by atoms with van der Waals surface area (Å²) >= 11 is 0. The second-order valence-electron chi connectivity index (χ2n) is 4.93. The van der Waals surface area contributed by atoms with Gasteiger partial charge in [-0.05, 0) is 24.6 Å². The van der Waals surface area contributed by atoms with Crippen LogP contribution in [0.1, 0.15) is 19.8 Å². The number of sulfone groups is 1. The van der Waals surface area contributed by atoms with E-state index in [4.69, 9.17) is 9.84 Å². The van der Waals surface area contributed by atoms with Crippen molar-refractivity contribution in [2.45, 2.75) is 24.7 Å². The van der Waals surface area contributed by atoms with E-state index in [1.807, 2.05) is 6.92 Å². The van der Waals surface area contributed by atoms with Crippen molar-refractivity contribution in [3.05, 3.63) is 18.2 Å². The Kier molecular flexibility index (Phi) is 4.70. The lowest BCUT2D eigenvalue weighted by atomic mass is 10.2. The van der Waals surface area contributed by atoms with Crippen LogP contribution in [0.4, 0.5) is 5.69 Å². The first-order valence-electron chi connectivity index (χ1n) is 6.87. The van der Waals surface area contributed by atoms with Crippen LogP contribution in [0, 0.1) is 0 Å². The molecule has 0 aliphatic carbocycles. The molecule has 0 radical (unpaired) electrons. The number of carboxylic acid groups (broad SMARTS) is 1. The third-order valence-electron chi connectivity index (χ3n) is 3.23. The second kappa shape index (κ2) is 6.35. The molecule has 120 valence electrons. The molecule has 1 N–H and O–H groups in total. The van der Waals surface area contributed by atoms with Gasteiger partial charge in [0.2, 0.25) is 5.91 Å². The lowest BCUT2D eigenvalue weighted by molar-refractivity contribution is -0.134. The van der Waals surface area contributed by atoms with E-state index in [-0.39, 0.29) is 10.8 Å². The van der Waals surface area contributed by atoms with Gasteiger partial charge in [0.1, 0.15) is 12.4 Å². The molecule has 0 saturated carbocycles. The number of aliphatic carboxylic acids is 1. The average molecular weight is 327 g/mol. The number of carbonyl (C=O) groups excluding carboxylic acids is 1. The Morgan fingerprint density at radius 1 is 1.36 bits per heavy atom. The molecular weight excluding hydrogens is 310 g/mol. The summed E-state index contributed by atoms with van der Waals surface area (Å²) in [5, 5.41) is 8.69. The van der Waals surface area contributed by atoms with E-state index in [9.17, 15) is 18.0 Å². The standard InChI is InChI=1S/C14H17NO6S/c1-2-3-13(16)15-6-7-21-12-5-4-10(8-11(12)15)22(19,20)9-14(17)18/h4-5,8H,2-3,6-7,9H2,1H3,(H,17,18). The number of amides is 1. The summed E-state index contributed by atoms with van der Waals surface area (Å²) in [4.78, 5) is 24.1. The minimum absolute atomic E-state index is 0.111. The summed E-state index contributed by atoms with van der Waals surface area (Å²) in [6.45, 7) is 2.56. The maximum absolute atomic E-state index is 12.1. The summed E-state index contributed by atoms with van der Waals surface area (Å²) in [5.41, 5.74) is 0.371. The van der Waals surface area contributed by atoms with Crippen LogP contribution in [-0.4, -0.2) is 44.3 Å². The first-order chi connectivity index (χ1) is 10.3. The quantitative estimate of drug-likeness (QED) is 0.868. The van der Waals surface area contributed by atoms with Crippen LogP contribution < -0.4 is 9.64 Å².